The molecule has 3 rings (SSSR count). The molecule has 1 aromatic heterocycles. The molecule has 0 amide bonds. The van der Waals surface area contributed by atoms with Crippen LogP contribution in [0, 0.1) is 21.0 Å². The van der Waals surface area contributed by atoms with E-state index in [4.69, 9.17) is 0 Å². The molecule has 0 aliphatic rings. The molecule has 28 heavy (non-hydrogen) atoms. The molecule has 0 radical (unpaired) electrons. The maximum absolute atomic E-state index is 14.6. The lowest BCUT2D eigenvalue weighted by Crippen LogP contribution is -2.27. The minimum Gasteiger partial charge on any atom is -0.349 e. The number of nitrogens with one attached hydrogen (secondary N) is 3. The number of hydrogen-bond donors (Lipinski definition) is 3. The molecule has 6 nitrogen and oxygen atoms in total. The Bertz CT molecular complexity index is 1130. The van der Waals surface area contributed by atoms with Gasteiger partial charge in [0, 0.05) is 33.3 Å². The van der Waals surface area contributed by atoms with Crippen molar-refractivity contribution in [2.24, 2.45) is 0 Å². The molecule has 0 unspecified atom stereocenters. The zero-order valence-corrected chi connectivity index (χ0v) is 17.8. The zero-order valence-electron chi connectivity index (χ0n) is 14.1. The van der Waals surface area contributed by atoms with E-state index in [-0.39, 0.29) is 16.9 Å². The summed E-state index contributed by atoms with van der Waals surface area (Å²) in [5.74, 6) is -3.31. The van der Waals surface area contributed by atoms with Gasteiger partial charge in [0.15, 0.2) is 11.6 Å². The number of halogens is 4. The number of nitrogens with zero attached hydrogens (tertiary/aromatic N) is 1. The van der Waals surface area contributed by atoms with Gasteiger partial charge < -0.3 is 5.32 Å². The number of rotatable bonds is 6. The van der Waals surface area contributed by atoms with Crippen LogP contribution in [0.5, 0.6) is 0 Å². The van der Waals surface area contributed by atoms with Crippen molar-refractivity contribution in [3.8, 4) is 11.1 Å². The van der Waals surface area contributed by atoms with Crippen LogP contribution in [0.3, 0.4) is 0 Å². The molecule has 2 aromatic carbocycles. The molecule has 0 aliphatic carbocycles. The highest BCUT2D eigenvalue weighted by atomic mass is 127. The molecule has 0 fully saturated rings. The van der Waals surface area contributed by atoms with Crippen molar-refractivity contribution in [1.82, 2.24) is 9.10 Å². The minimum atomic E-state index is -4.09. The first-order chi connectivity index (χ1) is 13.2. The Hall–Kier alpha value is -1.90. The number of anilines is 3. The summed E-state index contributed by atoms with van der Waals surface area (Å²) in [7, 11) is -2.94. The van der Waals surface area contributed by atoms with E-state index in [1.807, 2.05) is 27.3 Å². The summed E-state index contributed by atoms with van der Waals surface area (Å²) in [6.45, 7) is 0. The molecule has 0 spiro atoms. The van der Waals surface area contributed by atoms with E-state index in [1.165, 1.54) is 18.3 Å². The Morgan fingerprint density at radius 3 is 2.46 bits per heavy atom. The zero-order chi connectivity index (χ0) is 20.5. The summed E-state index contributed by atoms with van der Waals surface area (Å²) < 4.78 is 75.9. The maximum Gasteiger partial charge on any atom is 0.298 e. The fraction of sp³-hybridized carbons (Fsp3) is 0.0625. The average Bonchev–Trinajstić information content (AvgIpc) is 3.17. The summed E-state index contributed by atoms with van der Waals surface area (Å²) in [6, 6.07) is 4.94. The van der Waals surface area contributed by atoms with E-state index < -0.39 is 33.3 Å². The Kier molecular flexibility index (Phi) is 6.12. The van der Waals surface area contributed by atoms with Crippen LogP contribution in [0.2, 0.25) is 0 Å². The van der Waals surface area contributed by atoms with Gasteiger partial charge in [-0.05, 0) is 58.4 Å². The van der Waals surface area contributed by atoms with Crippen LogP contribution in [0.25, 0.3) is 11.1 Å². The van der Waals surface area contributed by atoms with E-state index in [0.29, 0.717) is 9.13 Å². The Morgan fingerprint density at radius 1 is 1.11 bits per heavy atom. The van der Waals surface area contributed by atoms with Gasteiger partial charge in [-0.3, -0.25) is 4.72 Å². The quantitative estimate of drug-likeness (QED) is 0.404. The van der Waals surface area contributed by atoms with Gasteiger partial charge in [0.2, 0.25) is 0 Å². The van der Waals surface area contributed by atoms with Crippen molar-refractivity contribution in [1.29, 1.82) is 0 Å². The first-order valence-electron chi connectivity index (χ1n) is 7.57. The Balaban J connectivity index is 2.24. The fourth-order valence-corrected chi connectivity index (χ4v) is 3.90. The van der Waals surface area contributed by atoms with Crippen LogP contribution < -0.4 is 14.8 Å². The van der Waals surface area contributed by atoms with Crippen molar-refractivity contribution in [2.75, 3.05) is 17.1 Å². The van der Waals surface area contributed by atoms with Gasteiger partial charge in [0.1, 0.15) is 11.5 Å². The largest absolute Gasteiger partial charge is 0.349 e. The molecule has 3 aromatic rings. The van der Waals surface area contributed by atoms with Crippen molar-refractivity contribution in [3.63, 3.8) is 0 Å². The Morgan fingerprint density at radius 2 is 1.86 bits per heavy atom. The second-order valence-corrected chi connectivity index (χ2v) is 8.96. The van der Waals surface area contributed by atoms with Crippen molar-refractivity contribution >= 4 is 61.4 Å². The molecule has 0 atom stereocenters. The van der Waals surface area contributed by atoms with Gasteiger partial charge in [0.25, 0.3) is 10.2 Å². The van der Waals surface area contributed by atoms with Gasteiger partial charge >= 0.3 is 0 Å². The minimum absolute atomic E-state index is 0.0416. The van der Waals surface area contributed by atoms with Gasteiger partial charge in [-0.25, -0.2) is 22.3 Å². The molecule has 0 bridgehead atoms. The van der Waals surface area contributed by atoms with Crippen LogP contribution >= 0.6 is 34.1 Å². The lowest BCUT2D eigenvalue weighted by Gasteiger charge is -2.19. The van der Waals surface area contributed by atoms with Gasteiger partial charge in [-0.1, -0.05) is 0 Å². The molecule has 12 heteroatoms. The van der Waals surface area contributed by atoms with Crippen LogP contribution in [0.1, 0.15) is 0 Å². The number of benzene rings is 2. The van der Waals surface area contributed by atoms with Crippen LogP contribution in [-0.2, 0) is 10.2 Å². The molecule has 0 aliphatic heterocycles. The molecule has 3 N–H and O–H groups in total. The van der Waals surface area contributed by atoms with Crippen molar-refractivity contribution in [2.45, 2.75) is 0 Å². The predicted molar refractivity (Wildman–Crippen MR) is 111 cm³/mol. The SMILES string of the molecule is CNS(=O)(=O)Nc1c(-c2cnsc2)cc(F)c(F)c1Nc1ccc(I)cc1F. The van der Waals surface area contributed by atoms with Crippen LogP contribution in [0.4, 0.5) is 30.2 Å². The normalized spacial score (nSPS) is 11.5. The number of aromatic nitrogens is 1. The highest BCUT2D eigenvalue weighted by Gasteiger charge is 2.24. The standard InChI is InChI=1S/C16H12F3IN4O2S2/c1-21-28(25,26)24-15-10(8-6-22-27-7-8)5-12(18)14(19)16(15)23-13-3-2-9(20)4-11(13)17/h2-7,21,23-24H,1H3. The van der Waals surface area contributed by atoms with E-state index in [9.17, 15) is 21.6 Å². The molecule has 0 saturated carbocycles. The second-order valence-electron chi connectivity index (χ2n) is 5.44. The molecular formula is C16H12F3IN4O2S2. The summed E-state index contributed by atoms with van der Waals surface area (Å²) in [6.07, 6.45) is 1.38. The van der Waals surface area contributed by atoms with E-state index in [2.05, 4.69) is 14.4 Å². The third-order valence-electron chi connectivity index (χ3n) is 3.66. The van der Waals surface area contributed by atoms with E-state index >= 15 is 0 Å². The number of hydrogen-bond acceptors (Lipinski definition) is 5. The molecule has 1 heterocycles. The topological polar surface area (TPSA) is 83.1 Å². The smallest absolute Gasteiger partial charge is 0.298 e. The molecule has 148 valence electrons. The monoisotopic (exact) mass is 540 g/mol. The van der Waals surface area contributed by atoms with Gasteiger partial charge in [-0.2, -0.15) is 8.42 Å². The highest BCUT2D eigenvalue weighted by Crippen LogP contribution is 2.40. The lowest BCUT2D eigenvalue weighted by atomic mass is 10.1. The molecular weight excluding hydrogens is 528 g/mol. The van der Waals surface area contributed by atoms with Crippen LogP contribution in [0.15, 0.2) is 35.8 Å². The second kappa shape index (κ2) is 8.23. The summed E-state index contributed by atoms with van der Waals surface area (Å²) in [5, 5.41) is 4.00. The Labute approximate surface area is 176 Å². The van der Waals surface area contributed by atoms with Crippen molar-refractivity contribution < 1.29 is 21.6 Å². The maximum atomic E-state index is 14.6. The summed E-state index contributed by atoms with van der Waals surface area (Å²) >= 11 is 2.95. The third kappa shape index (κ3) is 4.39. The van der Waals surface area contributed by atoms with Crippen LogP contribution in [-0.4, -0.2) is 19.8 Å². The average molecular weight is 540 g/mol. The predicted octanol–water partition coefficient (Wildman–Crippen LogP) is 4.45. The summed E-state index contributed by atoms with van der Waals surface area (Å²) in [5.41, 5.74) is -0.584. The lowest BCUT2D eigenvalue weighted by molar-refractivity contribution is 0.512. The van der Waals surface area contributed by atoms with E-state index in [0.717, 1.165) is 24.6 Å². The molecule has 0 saturated heterocycles. The highest BCUT2D eigenvalue weighted by molar-refractivity contribution is 14.1. The van der Waals surface area contributed by atoms with E-state index in [1.54, 1.807) is 11.4 Å². The van der Waals surface area contributed by atoms with Crippen molar-refractivity contribution in [3.05, 3.63) is 56.9 Å². The third-order valence-corrected chi connectivity index (χ3v) is 5.93. The van der Waals surface area contributed by atoms with Gasteiger partial charge in [0.05, 0.1) is 11.4 Å². The first-order valence-corrected chi connectivity index (χ1v) is 11.0. The summed E-state index contributed by atoms with van der Waals surface area (Å²) in [4.78, 5) is 0. The first kappa shape index (κ1) is 20.8. The van der Waals surface area contributed by atoms with Gasteiger partial charge in [-0.15, -0.1) is 0 Å². The fourth-order valence-electron chi connectivity index (χ4n) is 2.33.